The molecule has 0 radical (unpaired) electrons. The molecular weight excluding hydrogens is 266 g/mol. The quantitative estimate of drug-likeness (QED) is 0.630. The van der Waals surface area contributed by atoms with Crippen molar-refractivity contribution < 1.29 is 9.53 Å². The van der Waals surface area contributed by atoms with Gasteiger partial charge in [0.1, 0.15) is 9.88 Å². The van der Waals surface area contributed by atoms with Gasteiger partial charge in [0.25, 0.3) is 0 Å². The summed E-state index contributed by atoms with van der Waals surface area (Å²) in [5, 5.41) is 0.917. The lowest BCUT2D eigenvalue weighted by atomic mass is 10.1. The van der Waals surface area contributed by atoms with Gasteiger partial charge < -0.3 is 4.74 Å². The third kappa shape index (κ3) is 2.54. The first kappa shape index (κ1) is 11.7. The lowest BCUT2D eigenvalue weighted by Gasteiger charge is -2.09. The fourth-order valence-electron chi connectivity index (χ4n) is 0.895. The van der Waals surface area contributed by atoms with Crippen LogP contribution in [0.3, 0.4) is 0 Å². The Morgan fingerprint density at radius 1 is 1.64 bits per heavy atom. The number of aromatic nitrogens is 1. The van der Waals surface area contributed by atoms with Crippen LogP contribution in [0.2, 0.25) is 0 Å². The van der Waals surface area contributed by atoms with Gasteiger partial charge in [0.15, 0.2) is 0 Å². The predicted octanol–water partition coefficient (Wildman–Crippen LogP) is 3.02. The zero-order valence-electron chi connectivity index (χ0n) is 8.28. The van der Waals surface area contributed by atoms with E-state index >= 15 is 0 Å². The van der Waals surface area contributed by atoms with E-state index in [1.165, 1.54) is 18.4 Å². The average Bonchev–Trinajstić information content (AvgIpc) is 2.64. The van der Waals surface area contributed by atoms with Crippen LogP contribution in [0.1, 0.15) is 33.4 Å². The van der Waals surface area contributed by atoms with Gasteiger partial charge in [0.05, 0.1) is 18.1 Å². The van der Waals surface area contributed by atoms with Crippen molar-refractivity contribution in [1.29, 1.82) is 0 Å². The van der Waals surface area contributed by atoms with Crippen LogP contribution in [0.4, 0.5) is 0 Å². The molecule has 14 heavy (non-hydrogen) atoms. The van der Waals surface area contributed by atoms with E-state index < -0.39 is 0 Å². The molecule has 0 aromatic carbocycles. The van der Waals surface area contributed by atoms with Crippen molar-refractivity contribution in [3.8, 4) is 0 Å². The summed E-state index contributed by atoms with van der Waals surface area (Å²) in [5.74, 6) is 0.129. The number of nitrogens with zero attached hydrogens (tertiary/aromatic N) is 1. The molecule has 1 heterocycles. The van der Waals surface area contributed by atoms with Crippen molar-refractivity contribution >= 4 is 33.2 Å². The van der Waals surface area contributed by atoms with Crippen LogP contribution in [0, 0.1) is 5.92 Å². The predicted molar refractivity (Wildman–Crippen MR) is 60.0 cm³/mol. The van der Waals surface area contributed by atoms with Crippen LogP contribution in [0.25, 0.3) is 0 Å². The van der Waals surface area contributed by atoms with Crippen LogP contribution in [-0.2, 0) is 4.74 Å². The van der Waals surface area contributed by atoms with Gasteiger partial charge in [-0.15, -0.1) is 11.3 Å². The molecule has 1 aromatic rings. The first-order chi connectivity index (χ1) is 6.56. The summed E-state index contributed by atoms with van der Waals surface area (Å²) in [6.07, 6.45) is 1.56. The Hall–Kier alpha value is -0.420. The van der Waals surface area contributed by atoms with E-state index in [2.05, 4.69) is 39.5 Å². The summed E-state index contributed by atoms with van der Waals surface area (Å²) in [6.45, 7) is 4.19. The van der Waals surface area contributed by atoms with Crippen molar-refractivity contribution in [3.63, 3.8) is 0 Å². The van der Waals surface area contributed by atoms with E-state index in [4.69, 9.17) is 0 Å². The molecule has 0 bridgehead atoms. The first-order valence-electron chi connectivity index (χ1n) is 4.24. The van der Waals surface area contributed by atoms with Crippen LogP contribution >= 0.6 is 27.3 Å². The van der Waals surface area contributed by atoms with Crippen molar-refractivity contribution in [2.75, 3.05) is 7.11 Å². The number of carbonyl (C=O) groups is 1. The van der Waals surface area contributed by atoms with Gasteiger partial charge in [-0.2, -0.15) is 0 Å². The topological polar surface area (TPSA) is 39.2 Å². The van der Waals surface area contributed by atoms with Gasteiger partial charge >= 0.3 is 5.97 Å². The van der Waals surface area contributed by atoms with E-state index in [0.29, 0.717) is 10.8 Å². The summed E-state index contributed by atoms with van der Waals surface area (Å²) in [4.78, 5) is 16.1. The number of ether oxygens (including phenoxy) is 1. The van der Waals surface area contributed by atoms with Crippen LogP contribution in [-0.4, -0.2) is 18.1 Å². The van der Waals surface area contributed by atoms with Gasteiger partial charge in [-0.3, -0.25) is 0 Å². The lowest BCUT2D eigenvalue weighted by Crippen LogP contribution is -1.97. The van der Waals surface area contributed by atoms with Crippen molar-refractivity contribution in [2.24, 2.45) is 5.92 Å². The van der Waals surface area contributed by atoms with E-state index in [1.807, 2.05) is 0 Å². The van der Waals surface area contributed by atoms with Crippen LogP contribution in [0.15, 0.2) is 6.20 Å². The fraction of sp³-hybridized carbons (Fsp3) is 0.556. The molecule has 1 unspecified atom stereocenters. The summed E-state index contributed by atoms with van der Waals surface area (Å²) in [5.41, 5.74) is 0. The third-order valence-electron chi connectivity index (χ3n) is 1.73. The molecule has 1 rings (SSSR count). The normalized spacial score (nSPS) is 12.9. The zero-order valence-corrected chi connectivity index (χ0v) is 10.7. The smallest absolute Gasteiger partial charge is 0.349 e. The molecule has 5 heteroatoms. The second-order valence-electron chi connectivity index (χ2n) is 3.20. The maximum Gasteiger partial charge on any atom is 0.349 e. The minimum Gasteiger partial charge on any atom is -0.465 e. The number of esters is 1. The Morgan fingerprint density at radius 3 is 2.79 bits per heavy atom. The molecule has 0 spiro atoms. The maximum absolute atomic E-state index is 11.2. The number of methoxy groups -OCH3 is 1. The second kappa shape index (κ2) is 4.89. The van der Waals surface area contributed by atoms with E-state index in [1.54, 1.807) is 6.20 Å². The monoisotopic (exact) mass is 277 g/mol. The van der Waals surface area contributed by atoms with E-state index in [0.717, 1.165) is 5.01 Å². The Bertz CT molecular complexity index is 324. The number of hydrogen-bond donors (Lipinski definition) is 0. The van der Waals surface area contributed by atoms with Crippen molar-refractivity contribution in [1.82, 2.24) is 4.98 Å². The minimum absolute atomic E-state index is 0.200. The van der Waals surface area contributed by atoms with Crippen molar-refractivity contribution in [2.45, 2.75) is 18.7 Å². The number of thiazole rings is 1. The number of hydrogen-bond acceptors (Lipinski definition) is 4. The first-order valence-corrected chi connectivity index (χ1v) is 5.97. The molecule has 1 aromatic heterocycles. The largest absolute Gasteiger partial charge is 0.465 e. The van der Waals surface area contributed by atoms with Gasteiger partial charge in [0.2, 0.25) is 0 Å². The molecule has 0 aliphatic heterocycles. The standard InChI is InChI=1S/C9H12BrNO2S/c1-5(2)7(10)8-11-4-6(14-8)9(12)13-3/h4-5,7H,1-3H3. The number of carbonyl (C=O) groups excluding carboxylic acids is 1. The van der Waals surface area contributed by atoms with E-state index in [9.17, 15) is 4.79 Å². The molecule has 0 aliphatic carbocycles. The van der Waals surface area contributed by atoms with Crippen molar-refractivity contribution in [3.05, 3.63) is 16.1 Å². The Morgan fingerprint density at radius 2 is 2.29 bits per heavy atom. The molecule has 0 fully saturated rings. The highest BCUT2D eigenvalue weighted by Crippen LogP contribution is 2.33. The summed E-state index contributed by atoms with van der Waals surface area (Å²) < 4.78 is 4.61. The summed E-state index contributed by atoms with van der Waals surface area (Å²) in [7, 11) is 1.37. The Kier molecular flexibility index (Phi) is 4.07. The molecule has 1 atom stereocenters. The molecule has 3 nitrogen and oxygen atoms in total. The molecular formula is C9H12BrNO2S. The number of halogens is 1. The molecule has 78 valence electrons. The molecule has 0 saturated carbocycles. The van der Waals surface area contributed by atoms with Gasteiger partial charge in [0, 0.05) is 0 Å². The fourth-order valence-corrected chi connectivity index (χ4v) is 2.28. The number of rotatable bonds is 3. The lowest BCUT2D eigenvalue weighted by molar-refractivity contribution is 0.0606. The van der Waals surface area contributed by atoms with Gasteiger partial charge in [-0.05, 0) is 5.92 Å². The van der Waals surface area contributed by atoms with Crippen LogP contribution < -0.4 is 0 Å². The zero-order chi connectivity index (χ0) is 10.7. The molecule has 0 aliphatic rings. The highest BCUT2D eigenvalue weighted by molar-refractivity contribution is 9.09. The van der Waals surface area contributed by atoms with Gasteiger partial charge in [-0.1, -0.05) is 29.8 Å². The molecule has 0 amide bonds. The SMILES string of the molecule is COC(=O)c1cnc(C(Br)C(C)C)s1. The summed E-state index contributed by atoms with van der Waals surface area (Å²) >= 11 is 4.90. The highest BCUT2D eigenvalue weighted by Gasteiger charge is 2.18. The van der Waals surface area contributed by atoms with Crippen LogP contribution in [0.5, 0.6) is 0 Å². The maximum atomic E-state index is 11.2. The molecule has 0 saturated heterocycles. The minimum atomic E-state index is -0.322. The Balaban J connectivity index is 2.82. The second-order valence-corrected chi connectivity index (χ2v) is 5.25. The van der Waals surface area contributed by atoms with Gasteiger partial charge in [-0.25, -0.2) is 9.78 Å². The average molecular weight is 278 g/mol. The highest BCUT2D eigenvalue weighted by atomic mass is 79.9. The number of alkyl halides is 1. The third-order valence-corrected chi connectivity index (χ3v) is 4.59. The summed E-state index contributed by atoms with van der Waals surface area (Å²) in [6, 6.07) is 0. The molecule has 0 N–H and O–H groups in total. The Labute approximate surface area is 95.6 Å². The van der Waals surface area contributed by atoms with E-state index in [-0.39, 0.29) is 10.8 Å².